The second-order valence-electron chi connectivity index (χ2n) is 3.07. The summed E-state index contributed by atoms with van der Waals surface area (Å²) in [6.45, 7) is 1.82. The molecule has 1 aromatic rings. The molecule has 0 saturated heterocycles. The summed E-state index contributed by atoms with van der Waals surface area (Å²) in [5, 5.41) is 2.29. The van der Waals surface area contributed by atoms with E-state index in [1.165, 1.54) is 12.1 Å². The van der Waals surface area contributed by atoms with Gasteiger partial charge in [0.15, 0.2) is 0 Å². The minimum atomic E-state index is -4.42. The Morgan fingerprint density at radius 3 is 2.71 bits per heavy atom. The second-order valence-corrected chi connectivity index (χ2v) is 4.46. The third kappa shape index (κ3) is 3.61. The van der Waals surface area contributed by atoms with E-state index >= 15 is 0 Å². The second kappa shape index (κ2) is 5.02. The van der Waals surface area contributed by atoms with Crippen molar-refractivity contribution in [2.24, 2.45) is 0 Å². The first-order valence-electron chi connectivity index (χ1n) is 4.65. The monoisotopic (exact) mass is 260 g/mol. The van der Waals surface area contributed by atoms with Crippen LogP contribution in [0.15, 0.2) is 23.1 Å². The summed E-state index contributed by atoms with van der Waals surface area (Å²) in [6, 6.07) is 3.69. The summed E-state index contributed by atoms with van der Waals surface area (Å²) < 4.78 is 35.4. The minimum absolute atomic E-state index is 0.109. The topological polar surface area (TPSA) is 119 Å². The number of anilines is 2. The minimum Gasteiger partial charge on any atom is -0.450 e. The van der Waals surface area contributed by atoms with E-state index in [0.717, 1.165) is 6.07 Å². The Labute approximate surface area is 98.3 Å². The molecule has 0 aliphatic rings. The van der Waals surface area contributed by atoms with E-state index in [4.69, 9.17) is 10.3 Å². The number of benzene rings is 1. The van der Waals surface area contributed by atoms with Gasteiger partial charge in [-0.15, -0.1) is 0 Å². The molecule has 17 heavy (non-hydrogen) atoms. The molecule has 0 radical (unpaired) electrons. The number of nitrogen functional groups attached to an aromatic ring is 1. The van der Waals surface area contributed by atoms with Crippen LogP contribution in [0.1, 0.15) is 6.92 Å². The third-order valence-corrected chi connectivity index (χ3v) is 2.72. The fourth-order valence-electron chi connectivity index (χ4n) is 1.12. The van der Waals surface area contributed by atoms with Crippen molar-refractivity contribution in [2.45, 2.75) is 11.8 Å². The van der Waals surface area contributed by atoms with Crippen LogP contribution in [0.25, 0.3) is 0 Å². The fourth-order valence-corrected chi connectivity index (χ4v) is 1.76. The van der Waals surface area contributed by atoms with Gasteiger partial charge in [-0.2, -0.15) is 8.42 Å². The van der Waals surface area contributed by atoms with Crippen LogP contribution >= 0.6 is 0 Å². The van der Waals surface area contributed by atoms with Crippen LogP contribution in [-0.2, 0) is 14.9 Å². The SMILES string of the molecule is CCOC(=O)Nc1ccc(N)c(S(=O)(=O)O)c1. The largest absolute Gasteiger partial charge is 0.450 e. The highest BCUT2D eigenvalue weighted by atomic mass is 32.2. The molecule has 94 valence electrons. The van der Waals surface area contributed by atoms with Crippen molar-refractivity contribution in [3.8, 4) is 0 Å². The van der Waals surface area contributed by atoms with E-state index in [1.54, 1.807) is 6.92 Å². The average Bonchev–Trinajstić information content (AvgIpc) is 2.19. The van der Waals surface area contributed by atoms with Crippen molar-refractivity contribution < 1.29 is 22.5 Å². The van der Waals surface area contributed by atoms with E-state index < -0.39 is 21.1 Å². The number of hydrogen-bond donors (Lipinski definition) is 3. The van der Waals surface area contributed by atoms with E-state index in [0.29, 0.717) is 0 Å². The molecule has 0 heterocycles. The van der Waals surface area contributed by atoms with Gasteiger partial charge in [0.05, 0.1) is 12.3 Å². The molecular weight excluding hydrogens is 248 g/mol. The predicted molar refractivity (Wildman–Crippen MR) is 61.3 cm³/mol. The lowest BCUT2D eigenvalue weighted by Crippen LogP contribution is -2.14. The zero-order chi connectivity index (χ0) is 13.1. The van der Waals surface area contributed by atoms with Gasteiger partial charge < -0.3 is 10.5 Å². The lowest BCUT2D eigenvalue weighted by Gasteiger charge is -2.07. The summed E-state index contributed by atoms with van der Waals surface area (Å²) in [5.74, 6) is 0. The van der Waals surface area contributed by atoms with Crippen LogP contribution in [0.4, 0.5) is 16.2 Å². The summed E-state index contributed by atoms with van der Waals surface area (Å²) in [4.78, 5) is 10.6. The van der Waals surface area contributed by atoms with Crippen LogP contribution in [0.2, 0.25) is 0 Å². The molecule has 1 rings (SSSR count). The first kappa shape index (κ1) is 13.3. The van der Waals surface area contributed by atoms with E-state index in [-0.39, 0.29) is 18.0 Å². The highest BCUT2D eigenvalue weighted by Crippen LogP contribution is 2.22. The first-order chi connectivity index (χ1) is 7.84. The van der Waals surface area contributed by atoms with Gasteiger partial charge in [0.2, 0.25) is 0 Å². The van der Waals surface area contributed by atoms with Crippen molar-refractivity contribution in [3.63, 3.8) is 0 Å². The van der Waals surface area contributed by atoms with E-state index in [9.17, 15) is 13.2 Å². The van der Waals surface area contributed by atoms with Crippen molar-refractivity contribution >= 4 is 27.6 Å². The molecule has 0 aromatic heterocycles. The van der Waals surface area contributed by atoms with Gasteiger partial charge >= 0.3 is 6.09 Å². The van der Waals surface area contributed by atoms with Crippen LogP contribution in [0.5, 0.6) is 0 Å². The van der Waals surface area contributed by atoms with Gasteiger partial charge in [0.1, 0.15) is 4.90 Å². The fraction of sp³-hybridized carbons (Fsp3) is 0.222. The first-order valence-corrected chi connectivity index (χ1v) is 6.09. The van der Waals surface area contributed by atoms with E-state index in [2.05, 4.69) is 10.1 Å². The van der Waals surface area contributed by atoms with Gasteiger partial charge in [-0.1, -0.05) is 0 Å². The number of ether oxygens (including phenoxy) is 1. The standard InChI is InChI=1S/C9H12N2O5S/c1-2-16-9(12)11-6-3-4-7(10)8(5-6)17(13,14)15/h3-5H,2,10H2,1H3,(H,11,12)(H,13,14,15). The molecule has 0 aliphatic heterocycles. The zero-order valence-electron chi connectivity index (χ0n) is 9.00. The molecule has 0 spiro atoms. The Balaban J connectivity index is 3.02. The van der Waals surface area contributed by atoms with Gasteiger partial charge in [-0.05, 0) is 25.1 Å². The lowest BCUT2D eigenvalue weighted by molar-refractivity contribution is 0.168. The number of nitrogens with one attached hydrogen (secondary N) is 1. The zero-order valence-corrected chi connectivity index (χ0v) is 9.82. The number of carbonyl (C=O) groups is 1. The molecule has 7 nitrogen and oxygen atoms in total. The Morgan fingerprint density at radius 1 is 1.53 bits per heavy atom. The molecule has 4 N–H and O–H groups in total. The van der Waals surface area contributed by atoms with Crippen molar-refractivity contribution in [3.05, 3.63) is 18.2 Å². The van der Waals surface area contributed by atoms with Crippen molar-refractivity contribution in [2.75, 3.05) is 17.7 Å². The Kier molecular flexibility index (Phi) is 3.92. The molecule has 0 atom stereocenters. The number of carbonyl (C=O) groups excluding carboxylic acids is 1. The highest BCUT2D eigenvalue weighted by Gasteiger charge is 2.15. The van der Waals surface area contributed by atoms with Gasteiger partial charge in [-0.25, -0.2) is 4.79 Å². The summed E-state index contributed by atoms with van der Waals surface area (Å²) in [5.41, 5.74) is 5.43. The van der Waals surface area contributed by atoms with E-state index in [1.807, 2.05) is 0 Å². The van der Waals surface area contributed by atoms with Crippen LogP contribution in [-0.4, -0.2) is 25.7 Å². The Morgan fingerprint density at radius 2 is 2.18 bits per heavy atom. The summed E-state index contributed by atoms with van der Waals surface area (Å²) in [6.07, 6.45) is -0.724. The average molecular weight is 260 g/mol. The molecular formula is C9H12N2O5S. The summed E-state index contributed by atoms with van der Waals surface area (Å²) >= 11 is 0. The molecule has 1 amide bonds. The summed E-state index contributed by atoms with van der Waals surface area (Å²) in [7, 11) is -4.42. The van der Waals surface area contributed by atoms with Crippen molar-refractivity contribution in [1.29, 1.82) is 0 Å². The van der Waals surface area contributed by atoms with Crippen LogP contribution in [0, 0.1) is 0 Å². The smallest absolute Gasteiger partial charge is 0.411 e. The number of rotatable bonds is 3. The highest BCUT2D eigenvalue weighted by molar-refractivity contribution is 7.86. The number of amides is 1. The molecule has 0 fully saturated rings. The Bertz CT molecular complexity index is 526. The van der Waals surface area contributed by atoms with Gasteiger partial charge in [0.25, 0.3) is 10.1 Å². The van der Waals surface area contributed by atoms with Gasteiger partial charge in [-0.3, -0.25) is 9.87 Å². The maximum atomic E-state index is 11.1. The van der Waals surface area contributed by atoms with Crippen LogP contribution < -0.4 is 11.1 Å². The third-order valence-electron chi connectivity index (χ3n) is 1.81. The predicted octanol–water partition coefficient (Wildman–Crippen LogP) is 1.08. The molecule has 1 aromatic carbocycles. The van der Waals surface area contributed by atoms with Crippen molar-refractivity contribution in [1.82, 2.24) is 0 Å². The quantitative estimate of drug-likeness (QED) is 0.552. The number of nitrogens with two attached hydrogens (primary N) is 1. The molecule has 0 bridgehead atoms. The lowest BCUT2D eigenvalue weighted by atomic mass is 10.3. The normalized spacial score (nSPS) is 10.9. The maximum absolute atomic E-state index is 11.1. The molecule has 0 unspecified atom stereocenters. The van der Waals surface area contributed by atoms with Crippen LogP contribution in [0.3, 0.4) is 0 Å². The maximum Gasteiger partial charge on any atom is 0.411 e. The molecule has 8 heteroatoms. The Hall–Kier alpha value is -1.80. The van der Waals surface area contributed by atoms with Gasteiger partial charge in [0, 0.05) is 5.69 Å². The molecule has 0 saturated carbocycles. The molecule has 0 aliphatic carbocycles. The number of hydrogen-bond acceptors (Lipinski definition) is 5.